The maximum Gasteiger partial charge on any atom is -0.00879 e. The Balaban J connectivity index is 2.13. The standard InChI is InChI=1S/C15H26/c1-5-13-6-7-14-10-12(11(2)3)8-9-15(13,14)4/h5,11-12,14H,6-10H2,1-4H3/b13-5-/t12?,14?,15-/m1/s1. The SMILES string of the molecule is C/C=C1/CCC2CC(C(C)C)CC[C@]12C. The highest BCUT2D eigenvalue weighted by molar-refractivity contribution is 5.21. The van der Waals surface area contributed by atoms with Crippen molar-refractivity contribution in [3.05, 3.63) is 11.6 Å². The van der Waals surface area contributed by atoms with Gasteiger partial charge >= 0.3 is 0 Å². The predicted molar refractivity (Wildman–Crippen MR) is 66.8 cm³/mol. The molecule has 0 aromatic rings. The minimum atomic E-state index is 0.583. The van der Waals surface area contributed by atoms with Crippen molar-refractivity contribution in [2.24, 2.45) is 23.2 Å². The monoisotopic (exact) mass is 206 g/mol. The van der Waals surface area contributed by atoms with Gasteiger partial charge in [0, 0.05) is 0 Å². The molecular weight excluding hydrogens is 180 g/mol. The lowest BCUT2D eigenvalue weighted by molar-refractivity contribution is 0.115. The molecule has 15 heavy (non-hydrogen) atoms. The first-order valence-corrected chi connectivity index (χ1v) is 6.73. The molecule has 0 N–H and O–H groups in total. The Morgan fingerprint density at radius 2 is 2.07 bits per heavy atom. The Morgan fingerprint density at radius 3 is 2.67 bits per heavy atom. The van der Waals surface area contributed by atoms with Gasteiger partial charge in [0.25, 0.3) is 0 Å². The molecule has 0 heterocycles. The zero-order valence-electron chi connectivity index (χ0n) is 10.8. The van der Waals surface area contributed by atoms with Crippen LogP contribution in [0.15, 0.2) is 11.6 Å². The van der Waals surface area contributed by atoms with Crippen molar-refractivity contribution in [1.29, 1.82) is 0 Å². The zero-order valence-corrected chi connectivity index (χ0v) is 10.8. The summed E-state index contributed by atoms with van der Waals surface area (Å²) in [7, 11) is 0. The molecule has 0 spiro atoms. The number of allylic oxidation sites excluding steroid dienone is 2. The minimum absolute atomic E-state index is 0.583. The van der Waals surface area contributed by atoms with Gasteiger partial charge < -0.3 is 0 Å². The number of fused-ring (bicyclic) bond motifs is 1. The molecule has 0 aliphatic heterocycles. The smallest absolute Gasteiger partial charge is 0.00879 e. The van der Waals surface area contributed by atoms with Crippen molar-refractivity contribution >= 4 is 0 Å². The Morgan fingerprint density at radius 1 is 1.33 bits per heavy atom. The summed E-state index contributed by atoms with van der Waals surface area (Å²) < 4.78 is 0. The van der Waals surface area contributed by atoms with Gasteiger partial charge in [-0.2, -0.15) is 0 Å². The number of rotatable bonds is 1. The molecule has 2 rings (SSSR count). The molecule has 2 aliphatic rings. The van der Waals surface area contributed by atoms with Crippen molar-refractivity contribution in [2.45, 2.75) is 59.8 Å². The van der Waals surface area contributed by atoms with Gasteiger partial charge in [0.15, 0.2) is 0 Å². The molecular formula is C15H26. The van der Waals surface area contributed by atoms with E-state index in [1.54, 1.807) is 5.57 Å². The average molecular weight is 206 g/mol. The second-order valence-electron chi connectivity index (χ2n) is 6.25. The lowest BCUT2D eigenvalue weighted by Gasteiger charge is -2.42. The van der Waals surface area contributed by atoms with E-state index in [-0.39, 0.29) is 0 Å². The van der Waals surface area contributed by atoms with Gasteiger partial charge in [0.2, 0.25) is 0 Å². The summed E-state index contributed by atoms with van der Waals surface area (Å²) in [4.78, 5) is 0. The van der Waals surface area contributed by atoms with E-state index in [1.165, 1.54) is 32.1 Å². The van der Waals surface area contributed by atoms with Gasteiger partial charge in [-0.25, -0.2) is 0 Å². The van der Waals surface area contributed by atoms with Gasteiger partial charge in [-0.3, -0.25) is 0 Å². The number of hydrogen-bond acceptors (Lipinski definition) is 0. The van der Waals surface area contributed by atoms with E-state index >= 15 is 0 Å². The molecule has 0 aromatic carbocycles. The van der Waals surface area contributed by atoms with Crippen LogP contribution in [0.2, 0.25) is 0 Å². The third kappa shape index (κ3) is 1.77. The molecule has 0 radical (unpaired) electrons. The summed E-state index contributed by atoms with van der Waals surface area (Å²) in [6, 6.07) is 0. The normalized spacial score (nSPS) is 43.7. The molecule has 0 amide bonds. The fourth-order valence-electron chi connectivity index (χ4n) is 3.99. The van der Waals surface area contributed by atoms with Crippen LogP contribution < -0.4 is 0 Å². The van der Waals surface area contributed by atoms with E-state index in [0.29, 0.717) is 5.41 Å². The highest BCUT2D eigenvalue weighted by atomic mass is 14.5. The van der Waals surface area contributed by atoms with Gasteiger partial charge in [0.1, 0.15) is 0 Å². The van der Waals surface area contributed by atoms with Crippen LogP contribution in [-0.4, -0.2) is 0 Å². The predicted octanol–water partition coefficient (Wildman–Crippen LogP) is 4.81. The van der Waals surface area contributed by atoms with Gasteiger partial charge in [0.05, 0.1) is 0 Å². The Bertz CT molecular complexity index is 261. The highest BCUT2D eigenvalue weighted by Crippen LogP contribution is 2.57. The molecule has 0 nitrogen and oxygen atoms in total. The largest absolute Gasteiger partial charge is 0.0879 e. The van der Waals surface area contributed by atoms with Crippen LogP contribution in [0.25, 0.3) is 0 Å². The fourth-order valence-corrected chi connectivity index (χ4v) is 3.99. The molecule has 86 valence electrons. The van der Waals surface area contributed by atoms with E-state index in [2.05, 4.69) is 33.8 Å². The van der Waals surface area contributed by atoms with Crippen molar-refractivity contribution < 1.29 is 0 Å². The first-order chi connectivity index (χ1) is 7.08. The van der Waals surface area contributed by atoms with Crippen LogP contribution in [-0.2, 0) is 0 Å². The van der Waals surface area contributed by atoms with E-state index in [0.717, 1.165) is 17.8 Å². The minimum Gasteiger partial charge on any atom is -0.0879 e. The van der Waals surface area contributed by atoms with Crippen molar-refractivity contribution in [3.8, 4) is 0 Å². The molecule has 2 aliphatic carbocycles. The highest BCUT2D eigenvalue weighted by Gasteiger charge is 2.45. The average Bonchev–Trinajstić information content (AvgIpc) is 2.53. The number of hydrogen-bond donors (Lipinski definition) is 0. The summed E-state index contributed by atoms with van der Waals surface area (Å²) >= 11 is 0. The molecule has 3 atom stereocenters. The zero-order chi connectivity index (χ0) is 11.1. The van der Waals surface area contributed by atoms with Crippen LogP contribution >= 0.6 is 0 Å². The quantitative estimate of drug-likeness (QED) is 0.540. The summed E-state index contributed by atoms with van der Waals surface area (Å²) in [6.45, 7) is 9.56. The molecule has 2 fully saturated rings. The van der Waals surface area contributed by atoms with Gasteiger partial charge in [-0.05, 0) is 62.2 Å². The van der Waals surface area contributed by atoms with Crippen molar-refractivity contribution in [1.82, 2.24) is 0 Å². The maximum absolute atomic E-state index is 2.52. The van der Waals surface area contributed by atoms with Gasteiger partial charge in [-0.15, -0.1) is 0 Å². The molecule has 0 heteroatoms. The molecule has 2 unspecified atom stereocenters. The van der Waals surface area contributed by atoms with E-state index in [1.807, 2.05) is 0 Å². The first kappa shape index (κ1) is 11.2. The second kappa shape index (κ2) is 3.96. The third-order valence-corrected chi connectivity index (χ3v) is 5.31. The Kier molecular flexibility index (Phi) is 2.96. The van der Waals surface area contributed by atoms with Crippen LogP contribution in [0.5, 0.6) is 0 Å². The van der Waals surface area contributed by atoms with Gasteiger partial charge in [-0.1, -0.05) is 32.4 Å². The molecule has 0 aromatic heterocycles. The van der Waals surface area contributed by atoms with E-state index in [9.17, 15) is 0 Å². The maximum atomic E-state index is 2.52. The Hall–Kier alpha value is -0.260. The first-order valence-electron chi connectivity index (χ1n) is 6.73. The lowest BCUT2D eigenvalue weighted by Crippen LogP contribution is -2.32. The molecule has 0 bridgehead atoms. The summed E-state index contributed by atoms with van der Waals surface area (Å²) in [6.07, 6.45) is 9.63. The summed E-state index contributed by atoms with van der Waals surface area (Å²) in [5.74, 6) is 2.88. The van der Waals surface area contributed by atoms with Crippen LogP contribution in [0.1, 0.15) is 59.8 Å². The van der Waals surface area contributed by atoms with E-state index < -0.39 is 0 Å². The summed E-state index contributed by atoms with van der Waals surface area (Å²) in [5, 5.41) is 0. The van der Waals surface area contributed by atoms with Crippen molar-refractivity contribution in [2.75, 3.05) is 0 Å². The molecule has 0 saturated heterocycles. The van der Waals surface area contributed by atoms with Crippen LogP contribution in [0.4, 0.5) is 0 Å². The lowest BCUT2D eigenvalue weighted by atomic mass is 9.63. The molecule has 2 saturated carbocycles. The van der Waals surface area contributed by atoms with Crippen molar-refractivity contribution in [3.63, 3.8) is 0 Å². The topological polar surface area (TPSA) is 0 Å². The summed E-state index contributed by atoms with van der Waals surface area (Å²) in [5.41, 5.74) is 2.34. The van der Waals surface area contributed by atoms with Crippen LogP contribution in [0.3, 0.4) is 0 Å². The van der Waals surface area contributed by atoms with Crippen LogP contribution in [0, 0.1) is 23.2 Å². The second-order valence-corrected chi connectivity index (χ2v) is 6.25. The fraction of sp³-hybridized carbons (Fsp3) is 0.867. The van der Waals surface area contributed by atoms with E-state index in [4.69, 9.17) is 0 Å². The third-order valence-electron chi connectivity index (χ3n) is 5.31. The Labute approximate surface area is 95.1 Å².